The van der Waals surface area contributed by atoms with Crippen LogP contribution in [0.3, 0.4) is 0 Å². The van der Waals surface area contributed by atoms with Gasteiger partial charge in [0, 0.05) is 16.1 Å². The largest absolute Gasteiger partial charge is 0.347 e. The second kappa shape index (κ2) is 8.11. The van der Waals surface area contributed by atoms with Crippen LogP contribution in [0.15, 0.2) is 48.5 Å². The van der Waals surface area contributed by atoms with Crippen LogP contribution in [-0.4, -0.2) is 21.7 Å². The lowest BCUT2D eigenvalue weighted by atomic mass is 9.68. The van der Waals surface area contributed by atoms with E-state index in [4.69, 9.17) is 28.3 Å². The number of rotatable bonds is 4. The average molecular weight is 508 g/mol. The Morgan fingerprint density at radius 3 is 2.49 bits per heavy atom. The zero-order valence-corrected chi connectivity index (χ0v) is 22.0. The average Bonchev–Trinajstić information content (AvgIpc) is 3.56. The lowest BCUT2D eigenvalue weighted by Crippen LogP contribution is -2.52. The maximum atomic E-state index is 13.6. The quantitative estimate of drug-likeness (QED) is 0.401. The summed E-state index contributed by atoms with van der Waals surface area (Å²) in [4.78, 5) is 13.6. The number of halogens is 2. The fraction of sp³-hybridized carbons (Fsp3) is 0.448. The van der Waals surface area contributed by atoms with Crippen molar-refractivity contribution in [3.63, 3.8) is 0 Å². The molecule has 6 heteroatoms. The number of nitrogens with zero attached hydrogens (tertiary/aromatic N) is 2. The highest BCUT2D eigenvalue weighted by molar-refractivity contribution is 6.31. The van der Waals surface area contributed by atoms with Gasteiger partial charge in [-0.25, -0.2) is 0 Å². The molecule has 2 saturated carbocycles. The highest BCUT2D eigenvalue weighted by Crippen LogP contribution is 2.62. The van der Waals surface area contributed by atoms with Crippen molar-refractivity contribution in [2.24, 2.45) is 16.7 Å². The molecule has 1 aromatic heterocycles. The molecule has 2 bridgehead atoms. The van der Waals surface area contributed by atoms with Gasteiger partial charge in [0.05, 0.1) is 11.7 Å². The molecule has 182 valence electrons. The molecular weight excluding hydrogens is 477 g/mol. The molecule has 0 aliphatic heterocycles. The Morgan fingerprint density at radius 2 is 1.77 bits per heavy atom. The summed E-state index contributed by atoms with van der Waals surface area (Å²) in [5, 5.41) is 9.79. The van der Waals surface area contributed by atoms with Crippen LogP contribution in [0, 0.1) is 16.7 Å². The van der Waals surface area contributed by atoms with Gasteiger partial charge in [0.2, 0.25) is 0 Å². The number of hydrogen-bond acceptors (Lipinski definition) is 2. The number of aromatic nitrogens is 2. The number of nitrogens with one attached hydrogen (secondary N) is 1. The second-order valence-corrected chi connectivity index (χ2v) is 12.5. The van der Waals surface area contributed by atoms with E-state index in [0.717, 1.165) is 29.1 Å². The van der Waals surface area contributed by atoms with Crippen LogP contribution in [0.4, 0.5) is 0 Å². The maximum Gasteiger partial charge on any atom is 0.272 e. The highest BCUT2D eigenvalue weighted by Gasteiger charge is 2.59. The molecule has 4 atom stereocenters. The Hall–Kier alpha value is -2.30. The van der Waals surface area contributed by atoms with E-state index in [-0.39, 0.29) is 28.8 Å². The predicted molar refractivity (Wildman–Crippen MR) is 141 cm³/mol. The number of aryl methyl sites for hydroxylation is 1. The molecule has 1 heterocycles. The first-order chi connectivity index (χ1) is 16.7. The van der Waals surface area contributed by atoms with E-state index in [0.29, 0.717) is 16.6 Å². The number of hydrogen-bond donors (Lipinski definition) is 1. The minimum Gasteiger partial charge on any atom is -0.347 e. The normalized spacial score (nSPS) is 28.3. The Morgan fingerprint density at radius 1 is 1.03 bits per heavy atom. The van der Waals surface area contributed by atoms with Crippen LogP contribution < -0.4 is 5.32 Å². The van der Waals surface area contributed by atoms with E-state index < -0.39 is 0 Å². The van der Waals surface area contributed by atoms with Crippen molar-refractivity contribution in [1.82, 2.24) is 15.1 Å². The fourth-order valence-corrected chi connectivity index (χ4v) is 7.58. The van der Waals surface area contributed by atoms with Gasteiger partial charge in [0.25, 0.3) is 5.91 Å². The molecular formula is C29H31Cl2N3O. The minimum atomic E-state index is -0.0832. The van der Waals surface area contributed by atoms with Crippen molar-refractivity contribution in [3.05, 3.63) is 75.4 Å². The lowest BCUT2D eigenvalue weighted by Gasteiger charge is -2.43. The van der Waals surface area contributed by atoms with Crippen LogP contribution >= 0.6 is 23.2 Å². The van der Waals surface area contributed by atoms with Gasteiger partial charge in [-0.2, -0.15) is 5.10 Å². The fourth-order valence-electron chi connectivity index (χ4n) is 7.26. The van der Waals surface area contributed by atoms with Crippen LogP contribution in [0.25, 0.3) is 11.3 Å². The van der Waals surface area contributed by atoms with Crippen LogP contribution in [0.5, 0.6) is 0 Å². The Bertz CT molecular complexity index is 1310. The minimum absolute atomic E-state index is 0.0611. The SMILES string of the molecule is CC1(C)C2CC[C@@](C)(C2)C1NC(=O)c1cc(-c2ccc(Cl)cc2)n(C2CCc3cc(Cl)ccc32)n1. The van der Waals surface area contributed by atoms with Crippen molar-refractivity contribution in [1.29, 1.82) is 0 Å². The van der Waals surface area contributed by atoms with Gasteiger partial charge in [-0.15, -0.1) is 0 Å². The third-order valence-corrected chi connectivity index (χ3v) is 9.59. The van der Waals surface area contributed by atoms with E-state index in [1.54, 1.807) is 0 Å². The zero-order chi connectivity index (χ0) is 24.5. The van der Waals surface area contributed by atoms with Crippen LogP contribution in [0.1, 0.15) is 74.1 Å². The molecule has 3 aromatic rings. The van der Waals surface area contributed by atoms with Gasteiger partial charge in [-0.05, 0) is 95.9 Å². The summed E-state index contributed by atoms with van der Waals surface area (Å²) in [6.07, 6.45) is 5.50. The number of carbonyl (C=O) groups is 1. The summed E-state index contributed by atoms with van der Waals surface area (Å²) in [5.41, 5.74) is 5.13. The molecule has 35 heavy (non-hydrogen) atoms. The molecule has 4 nitrogen and oxygen atoms in total. The van der Waals surface area contributed by atoms with Gasteiger partial charge in [-0.1, -0.05) is 62.2 Å². The summed E-state index contributed by atoms with van der Waals surface area (Å²) < 4.78 is 2.03. The van der Waals surface area contributed by atoms with Crippen molar-refractivity contribution in [3.8, 4) is 11.3 Å². The zero-order valence-electron chi connectivity index (χ0n) is 20.4. The topological polar surface area (TPSA) is 46.9 Å². The summed E-state index contributed by atoms with van der Waals surface area (Å²) in [7, 11) is 0. The first kappa shape index (κ1) is 23.1. The molecule has 3 unspecified atom stereocenters. The summed E-state index contributed by atoms with van der Waals surface area (Å²) >= 11 is 12.4. The summed E-state index contributed by atoms with van der Waals surface area (Å²) in [6.45, 7) is 6.96. The van der Waals surface area contributed by atoms with E-state index in [1.165, 1.54) is 30.4 Å². The van der Waals surface area contributed by atoms with E-state index in [2.05, 4.69) is 32.2 Å². The third-order valence-electron chi connectivity index (χ3n) is 9.10. The van der Waals surface area contributed by atoms with Gasteiger partial charge in [0.15, 0.2) is 5.69 Å². The van der Waals surface area contributed by atoms with E-state index in [9.17, 15) is 4.79 Å². The molecule has 2 fully saturated rings. The molecule has 0 spiro atoms. The Labute approximate surface area is 217 Å². The first-order valence-corrected chi connectivity index (χ1v) is 13.4. The van der Waals surface area contributed by atoms with Crippen LogP contribution in [0.2, 0.25) is 10.0 Å². The molecule has 6 rings (SSSR count). The lowest BCUT2D eigenvalue weighted by molar-refractivity contribution is 0.0732. The summed E-state index contributed by atoms with van der Waals surface area (Å²) in [5.74, 6) is 0.585. The van der Waals surface area contributed by atoms with E-state index >= 15 is 0 Å². The van der Waals surface area contributed by atoms with E-state index in [1.807, 2.05) is 47.1 Å². The first-order valence-electron chi connectivity index (χ1n) is 12.6. The van der Waals surface area contributed by atoms with Gasteiger partial charge < -0.3 is 5.32 Å². The van der Waals surface area contributed by atoms with Crippen molar-refractivity contribution in [2.45, 2.75) is 65.0 Å². The number of amides is 1. The Kier molecular flexibility index (Phi) is 5.36. The second-order valence-electron chi connectivity index (χ2n) is 11.6. The molecule has 2 aromatic carbocycles. The molecule has 3 aliphatic carbocycles. The van der Waals surface area contributed by atoms with Gasteiger partial charge in [-0.3, -0.25) is 9.48 Å². The molecule has 0 saturated heterocycles. The predicted octanol–water partition coefficient (Wildman–Crippen LogP) is 7.34. The van der Waals surface area contributed by atoms with Gasteiger partial charge in [0.1, 0.15) is 0 Å². The molecule has 1 N–H and O–H groups in total. The molecule has 3 aliphatic rings. The van der Waals surface area contributed by atoms with Crippen molar-refractivity contribution in [2.75, 3.05) is 0 Å². The van der Waals surface area contributed by atoms with Gasteiger partial charge >= 0.3 is 0 Å². The molecule has 1 amide bonds. The number of fused-ring (bicyclic) bond motifs is 3. The smallest absolute Gasteiger partial charge is 0.272 e. The number of benzene rings is 2. The summed E-state index contributed by atoms with van der Waals surface area (Å²) in [6, 6.07) is 16.0. The number of carbonyl (C=O) groups excluding carboxylic acids is 1. The van der Waals surface area contributed by atoms with Crippen molar-refractivity contribution >= 4 is 29.1 Å². The maximum absolute atomic E-state index is 13.6. The molecule has 0 radical (unpaired) electrons. The van der Waals surface area contributed by atoms with Crippen molar-refractivity contribution < 1.29 is 4.79 Å². The highest BCUT2D eigenvalue weighted by atomic mass is 35.5. The Balaban J connectivity index is 1.38. The standard InChI is InChI=1S/C29H31Cl2N3O/c1-28(2)19-12-13-29(3,16-19)27(28)32-26(35)23-15-25(17-4-7-20(30)8-5-17)34(33-23)24-11-6-18-14-21(31)9-10-22(18)24/h4-5,7-10,14-15,19,24,27H,6,11-13,16H2,1-3H3,(H,32,35)/t19?,24?,27?,29-/m0/s1. The monoisotopic (exact) mass is 507 g/mol. The van der Waals surface area contributed by atoms with Crippen LogP contribution in [-0.2, 0) is 6.42 Å². The third kappa shape index (κ3) is 3.72.